The first-order valence-corrected chi connectivity index (χ1v) is 6.55. The van der Waals surface area contributed by atoms with E-state index in [-0.39, 0.29) is 0 Å². The van der Waals surface area contributed by atoms with Crippen LogP contribution in [0, 0.1) is 6.92 Å². The number of halogens is 2. The number of carbonyl (C=O) groups excluding carboxylic acids is 2. The van der Waals surface area contributed by atoms with Crippen LogP contribution in [0.15, 0.2) is 24.3 Å². The second-order valence-corrected chi connectivity index (χ2v) is 4.64. The molecule has 6 nitrogen and oxygen atoms in total. The van der Waals surface area contributed by atoms with Crippen LogP contribution in [0.1, 0.15) is 38.5 Å². The van der Waals surface area contributed by atoms with Crippen LogP contribution in [-0.2, 0) is 9.47 Å². The number of aryl methyl sites for hydroxylation is 1. The van der Waals surface area contributed by atoms with Gasteiger partial charge < -0.3 is 9.47 Å². The quantitative estimate of drug-likeness (QED) is 0.809. The monoisotopic (exact) mass is 324 g/mol. The van der Waals surface area contributed by atoms with Gasteiger partial charge in [-0.2, -0.15) is 5.10 Å². The first-order chi connectivity index (χ1) is 10.9. The molecular formula is C15H14F2N2O4. The number of hydrogen-bond acceptors (Lipinski definition) is 5. The molecule has 0 amide bonds. The molecule has 1 heterocycles. The van der Waals surface area contributed by atoms with E-state index in [4.69, 9.17) is 0 Å². The van der Waals surface area contributed by atoms with Crippen molar-refractivity contribution in [2.24, 2.45) is 0 Å². The minimum absolute atomic E-state index is 0.341. The van der Waals surface area contributed by atoms with E-state index in [1.165, 1.54) is 0 Å². The maximum absolute atomic E-state index is 13.2. The average molecular weight is 324 g/mol. The number of nitrogens with zero attached hydrogens (tertiary/aromatic N) is 2. The molecule has 0 N–H and O–H groups in total. The van der Waals surface area contributed by atoms with Gasteiger partial charge >= 0.3 is 11.9 Å². The molecule has 2 aromatic rings. The number of alkyl halides is 2. The number of hydrogen-bond donors (Lipinski definition) is 0. The summed E-state index contributed by atoms with van der Waals surface area (Å²) in [7, 11) is 2.11. The fourth-order valence-electron chi connectivity index (χ4n) is 2.05. The van der Waals surface area contributed by atoms with E-state index in [1.807, 2.05) is 6.92 Å². The van der Waals surface area contributed by atoms with Crippen LogP contribution < -0.4 is 0 Å². The average Bonchev–Trinajstić information content (AvgIpc) is 2.94. The Morgan fingerprint density at radius 2 is 1.65 bits per heavy atom. The van der Waals surface area contributed by atoms with Gasteiger partial charge in [0.05, 0.1) is 19.9 Å². The molecule has 1 aromatic heterocycles. The molecule has 2 rings (SSSR count). The minimum atomic E-state index is -3.06. The fraction of sp³-hybridized carbons (Fsp3) is 0.267. The summed E-state index contributed by atoms with van der Waals surface area (Å²) in [5.41, 5.74) is -0.567. The molecule has 0 fully saturated rings. The van der Waals surface area contributed by atoms with E-state index < -0.39 is 35.3 Å². The molecule has 0 saturated heterocycles. The van der Waals surface area contributed by atoms with Crippen molar-refractivity contribution in [1.29, 1.82) is 0 Å². The molecule has 0 aliphatic heterocycles. The molecule has 122 valence electrons. The maximum Gasteiger partial charge on any atom is 0.357 e. The first kappa shape index (κ1) is 16.6. The molecule has 0 aliphatic carbocycles. The maximum atomic E-state index is 13.2. The van der Waals surface area contributed by atoms with Crippen molar-refractivity contribution in [3.05, 3.63) is 46.8 Å². The van der Waals surface area contributed by atoms with Crippen molar-refractivity contribution < 1.29 is 27.8 Å². The van der Waals surface area contributed by atoms with Crippen molar-refractivity contribution in [2.75, 3.05) is 14.2 Å². The molecule has 0 spiro atoms. The van der Waals surface area contributed by atoms with Gasteiger partial charge in [-0.05, 0) is 19.1 Å². The Hall–Kier alpha value is -2.77. The van der Waals surface area contributed by atoms with Gasteiger partial charge in [-0.3, -0.25) is 0 Å². The Morgan fingerprint density at radius 1 is 1.09 bits per heavy atom. The van der Waals surface area contributed by atoms with Crippen LogP contribution in [0.25, 0.3) is 5.69 Å². The highest BCUT2D eigenvalue weighted by atomic mass is 19.3. The normalized spacial score (nSPS) is 10.7. The second kappa shape index (κ2) is 6.55. The van der Waals surface area contributed by atoms with Gasteiger partial charge in [-0.25, -0.2) is 23.1 Å². The Balaban J connectivity index is 2.77. The number of esters is 2. The summed E-state index contributed by atoms with van der Waals surface area (Å²) in [6.07, 6.45) is -3.06. The van der Waals surface area contributed by atoms with Gasteiger partial charge in [0.2, 0.25) is 0 Å². The summed E-state index contributed by atoms with van der Waals surface area (Å²) >= 11 is 0. The van der Waals surface area contributed by atoms with E-state index in [0.717, 1.165) is 24.5 Å². The SMILES string of the molecule is COC(=O)c1c(C(F)F)nn(-c2ccc(C)cc2)c1C(=O)OC. The topological polar surface area (TPSA) is 70.4 Å². The van der Waals surface area contributed by atoms with E-state index >= 15 is 0 Å². The highest BCUT2D eigenvalue weighted by Gasteiger charge is 2.34. The summed E-state index contributed by atoms with van der Waals surface area (Å²) in [5.74, 6) is -2.05. The number of ether oxygens (including phenoxy) is 2. The zero-order chi connectivity index (χ0) is 17.1. The van der Waals surface area contributed by atoms with Crippen LogP contribution in [0.3, 0.4) is 0 Å². The number of benzene rings is 1. The molecule has 0 unspecified atom stereocenters. The zero-order valence-electron chi connectivity index (χ0n) is 12.7. The van der Waals surface area contributed by atoms with Gasteiger partial charge in [0.25, 0.3) is 6.43 Å². The molecule has 0 saturated carbocycles. The van der Waals surface area contributed by atoms with Crippen LogP contribution in [-0.4, -0.2) is 35.9 Å². The lowest BCUT2D eigenvalue weighted by Gasteiger charge is -2.07. The first-order valence-electron chi connectivity index (χ1n) is 6.55. The molecule has 0 radical (unpaired) electrons. The molecule has 0 bridgehead atoms. The third-order valence-corrected chi connectivity index (χ3v) is 3.17. The van der Waals surface area contributed by atoms with E-state index in [9.17, 15) is 18.4 Å². The molecule has 1 aromatic carbocycles. The molecule has 23 heavy (non-hydrogen) atoms. The van der Waals surface area contributed by atoms with Crippen LogP contribution >= 0.6 is 0 Å². The van der Waals surface area contributed by atoms with Gasteiger partial charge in [0.15, 0.2) is 5.69 Å². The lowest BCUT2D eigenvalue weighted by Crippen LogP contribution is -2.15. The summed E-state index contributed by atoms with van der Waals surface area (Å²) < 4.78 is 36.5. The van der Waals surface area contributed by atoms with Gasteiger partial charge in [-0.1, -0.05) is 17.7 Å². The highest BCUT2D eigenvalue weighted by Crippen LogP contribution is 2.28. The van der Waals surface area contributed by atoms with Gasteiger partial charge in [-0.15, -0.1) is 0 Å². The number of aromatic nitrogens is 2. The van der Waals surface area contributed by atoms with E-state index in [0.29, 0.717) is 5.69 Å². The summed E-state index contributed by atoms with van der Waals surface area (Å²) in [4.78, 5) is 23.9. The third kappa shape index (κ3) is 3.05. The summed E-state index contributed by atoms with van der Waals surface area (Å²) in [6, 6.07) is 6.62. The zero-order valence-corrected chi connectivity index (χ0v) is 12.7. The van der Waals surface area contributed by atoms with E-state index in [1.54, 1.807) is 24.3 Å². The standard InChI is InChI=1S/C15H14F2N2O4/c1-8-4-6-9(7-5-8)19-12(15(21)23-3)10(14(20)22-2)11(18-19)13(16)17/h4-7,13H,1-3H3. The summed E-state index contributed by atoms with van der Waals surface area (Å²) in [6.45, 7) is 1.85. The molecule has 8 heteroatoms. The predicted octanol–water partition coefficient (Wildman–Crippen LogP) is 2.69. The van der Waals surface area contributed by atoms with E-state index in [2.05, 4.69) is 14.6 Å². The van der Waals surface area contributed by atoms with Crippen LogP contribution in [0.4, 0.5) is 8.78 Å². The predicted molar refractivity (Wildman–Crippen MR) is 75.9 cm³/mol. The number of carbonyl (C=O) groups is 2. The number of rotatable bonds is 4. The summed E-state index contributed by atoms with van der Waals surface area (Å²) in [5, 5.41) is 3.71. The van der Waals surface area contributed by atoms with Crippen LogP contribution in [0.5, 0.6) is 0 Å². The molecule has 0 aliphatic rings. The Morgan fingerprint density at radius 3 is 2.13 bits per heavy atom. The van der Waals surface area contributed by atoms with Crippen molar-refractivity contribution in [1.82, 2.24) is 9.78 Å². The van der Waals surface area contributed by atoms with Gasteiger partial charge in [0.1, 0.15) is 11.3 Å². The lowest BCUT2D eigenvalue weighted by molar-refractivity contribution is 0.0544. The van der Waals surface area contributed by atoms with Crippen molar-refractivity contribution >= 4 is 11.9 Å². The van der Waals surface area contributed by atoms with Crippen molar-refractivity contribution in [2.45, 2.75) is 13.3 Å². The minimum Gasteiger partial charge on any atom is -0.465 e. The second-order valence-electron chi connectivity index (χ2n) is 4.64. The smallest absolute Gasteiger partial charge is 0.357 e. The van der Waals surface area contributed by atoms with Crippen molar-refractivity contribution in [3.63, 3.8) is 0 Å². The van der Waals surface area contributed by atoms with Gasteiger partial charge in [0, 0.05) is 0 Å². The molecule has 0 atom stereocenters. The molecular weight excluding hydrogens is 310 g/mol. The van der Waals surface area contributed by atoms with Crippen molar-refractivity contribution in [3.8, 4) is 5.69 Å². The fourth-order valence-corrected chi connectivity index (χ4v) is 2.05. The Labute approximate surface area is 130 Å². The largest absolute Gasteiger partial charge is 0.465 e. The third-order valence-electron chi connectivity index (χ3n) is 3.17. The lowest BCUT2D eigenvalue weighted by atomic mass is 10.1. The Kier molecular flexibility index (Phi) is 4.73. The van der Waals surface area contributed by atoms with Crippen LogP contribution in [0.2, 0.25) is 0 Å². The highest BCUT2D eigenvalue weighted by molar-refractivity contribution is 6.03. The Bertz CT molecular complexity index is 739. The number of methoxy groups -OCH3 is 2.